The van der Waals surface area contributed by atoms with Crippen LogP contribution < -0.4 is 16.0 Å². The van der Waals surface area contributed by atoms with E-state index in [0.29, 0.717) is 28.5 Å². The van der Waals surface area contributed by atoms with Gasteiger partial charge in [-0.1, -0.05) is 24.6 Å². The molecule has 0 saturated carbocycles. The van der Waals surface area contributed by atoms with E-state index in [1.54, 1.807) is 55.5 Å². The van der Waals surface area contributed by atoms with Crippen molar-refractivity contribution >= 4 is 40.6 Å². The van der Waals surface area contributed by atoms with Crippen molar-refractivity contribution in [2.24, 2.45) is 0 Å². The molecule has 5 nitrogen and oxygen atoms in total. The van der Waals surface area contributed by atoms with E-state index >= 15 is 0 Å². The van der Waals surface area contributed by atoms with Crippen LogP contribution in [0, 0.1) is 0 Å². The Hall–Kier alpha value is -2.53. The van der Waals surface area contributed by atoms with E-state index in [1.807, 2.05) is 0 Å². The second-order valence-corrected chi connectivity index (χ2v) is 5.00. The Morgan fingerprint density at radius 3 is 2.09 bits per heavy atom. The largest absolute Gasteiger partial charge is 0.326 e. The third-order valence-corrected chi connectivity index (χ3v) is 3.07. The van der Waals surface area contributed by atoms with Gasteiger partial charge in [-0.25, -0.2) is 4.79 Å². The van der Waals surface area contributed by atoms with Crippen LogP contribution in [-0.2, 0) is 4.79 Å². The summed E-state index contributed by atoms with van der Waals surface area (Å²) in [5.41, 5.74) is 1.92. The van der Waals surface area contributed by atoms with E-state index in [9.17, 15) is 9.59 Å². The van der Waals surface area contributed by atoms with Crippen LogP contribution in [-0.4, -0.2) is 11.9 Å². The highest BCUT2D eigenvalue weighted by Gasteiger charge is 2.04. The van der Waals surface area contributed by atoms with E-state index in [2.05, 4.69) is 16.0 Å². The summed E-state index contributed by atoms with van der Waals surface area (Å²) in [5.74, 6) is -0.0561. The van der Waals surface area contributed by atoms with Crippen LogP contribution in [0.15, 0.2) is 48.5 Å². The van der Waals surface area contributed by atoms with Crippen LogP contribution in [0.3, 0.4) is 0 Å². The van der Waals surface area contributed by atoms with E-state index < -0.39 is 0 Å². The fourth-order valence-electron chi connectivity index (χ4n) is 1.75. The second-order valence-electron chi connectivity index (χ2n) is 4.57. The van der Waals surface area contributed by atoms with Gasteiger partial charge in [0.2, 0.25) is 5.91 Å². The summed E-state index contributed by atoms with van der Waals surface area (Å²) >= 11 is 5.85. The molecule has 0 aliphatic heterocycles. The Morgan fingerprint density at radius 1 is 0.909 bits per heavy atom. The first-order valence-corrected chi connectivity index (χ1v) is 7.18. The molecule has 2 aromatic carbocycles. The fraction of sp³-hybridized carbons (Fsp3) is 0.125. The predicted octanol–water partition coefficient (Wildman–Crippen LogP) is 4.33. The first-order valence-electron chi connectivity index (χ1n) is 6.80. The molecule has 0 fully saturated rings. The fourth-order valence-corrected chi connectivity index (χ4v) is 1.94. The van der Waals surface area contributed by atoms with Crippen molar-refractivity contribution in [1.29, 1.82) is 0 Å². The number of carbonyl (C=O) groups excluding carboxylic acids is 2. The molecular weight excluding hydrogens is 302 g/mol. The van der Waals surface area contributed by atoms with Crippen LogP contribution in [0.1, 0.15) is 13.3 Å². The lowest BCUT2D eigenvalue weighted by atomic mass is 10.2. The molecule has 2 aromatic rings. The molecule has 0 radical (unpaired) electrons. The summed E-state index contributed by atoms with van der Waals surface area (Å²) in [7, 11) is 0. The number of hydrogen-bond donors (Lipinski definition) is 3. The van der Waals surface area contributed by atoms with E-state index in [-0.39, 0.29) is 11.9 Å². The van der Waals surface area contributed by atoms with Gasteiger partial charge in [-0.2, -0.15) is 0 Å². The van der Waals surface area contributed by atoms with E-state index in [4.69, 9.17) is 11.6 Å². The van der Waals surface area contributed by atoms with Crippen molar-refractivity contribution in [2.75, 3.05) is 16.0 Å². The molecule has 22 heavy (non-hydrogen) atoms. The normalized spacial score (nSPS) is 9.91. The van der Waals surface area contributed by atoms with Crippen molar-refractivity contribution in [1.82, 2.24) is 0 Å². The van der Waals surface area contributed by atoms with Gasteiger partial charge in [0.15, 0.2) is 0 Å². The van der Waals surface area contributed by atoms with Crippen molar-refractivity contribution in [3.05, 3.63) is 53.6 Å². The maximum absolute atomic E-state index is 11.9. The number of anilines is 3. The highest BCUT2D eigenvalue weighted by Crippen LogP contribution is 2.16. The first kappa shape index (κ1) is 15.9. The summed E-state index contributed by atoms with van der Waals surface area (Å²) < 4.78 is 0. The average molecular weight is 318 g/mol. The van der Waals surface area contributed by atoms with Gasteiger partial charge in [0, 0.05) is 28.5 Å². The summed E-state index contributed by atoms with van der Waals surface area (Å²) in [4.78, 5) is 23.1. The minimum atomic E-state index is -0.368. The Balaban J connectivity index is 1.93. The SMILES string of the molecule is CCC(=O)Nc1ccc(NC(=O)Nc2cccc(Cl)c2)cc1. The maximum Gasteiger partial charge on any atom is 0.323 e. The summed E-state index contributed by atoms with van der Waals surface area (Å²) in [6.07, 6.45) is 0.419. The Kier molecular flexibility index (Phi) is 5.38. The van der Waals surface area contributed by atoms with Crippen molar-refractivity contribution < 1.29 is 9.59 Å². The van der Waals surface area contributed by atoms with Crippen LogP contribution >= 0.6 is 11.6 Å². The number of carbonyl (C=O) groups is 2. The van der Waals surface area contributed by atoms with Crippen molar-refractivity contribution in [3.63, 3.8) is 0 Å². The zero-order valence-corrected chi connectivity index (χ0v) is 12.8. The molecule has 0 spiro atoms. The molecule has 0 aliphatic carbocycles. The standard InChI is InChI=1S/C16H16ClN3O2/c1-2-15(21)18-12-6-8-13(9-7-12)19-16(22)20-14-5-3-4-11(17)10-14/h3-10H,2H2,1H3,(H,18,21)(H2,19,20,22). The predicted molar refractivity (Wildman–Crippen MR) is 89.5 cm³/mol. The molecule has 0 aromatic heterocycles. The van der Waals surface area contributed by atoms with Gasteiger partial charge in [-0.05, 0) is 42.5 Å². The lowest BCUT2D eigenvalue weighted by Gasteiger charge is -2.09. The number of hydrogen-bond acceptors (Lipinski definition) is 2. The van der Waals surface area contributed by atoms with Gasteiger partial charge in [0.05, 0.1) is 0 Å². The van der Waals surface area contributed by atoms with Crippen molar-refractivity contribution in [3.8, 4) is 0 Å². The second kappa shape index (κ2) is 7.47. The molecule has 0 aliphatic rings. The molecule has 0 unspecified atom stereocenters. The number of nitrogens with one attached hydrogen (secondary N) is 3. The minimum Gasteiger partial charge on any atom is -0.326 e. The van der Waals surface area contributed by atoms with E-state index in [0.717, 1.165) is 0 Å². The number of amides is 3. The minimum absolute atomic E-state index is 0.0561. The highest BCUT2D eigenvalue weighted by molar-refractivity contribution is 6.30. The molecular formula is C16H16ClN3O2. The molecule has 0 saturated heterocycles. The summed E-state index contributed by atoms with van der Waals surface area (Å²) in [5, 5.41) is 8.67. The zero-order valence-electron chi connectivity index (χ0n) is 12.0. The molecule has 2 rings (SSSR count). The van der Waals surface area contributed by atoms with Gasteiger partial charge in [-0.15, -0.1) is 0 Å². The average Bonchev–Trinajstić information content (AvgIpc) is 2.49. The number of benzene rings is 2. The highest BCUT2D eigenvalue weighted by atomic mass is 35.5. The summed E-state index contributed by atoms with van der Waals surface area (Å²) in [6.45, 7) is 1.78. The van der Waals surface area contributed by atoms with Gasteiger partial charge in [0.25, 0.3) is 0 Å². The van der Waals surface area contributed by atoms with Gasteiger partial charge in [-0.3, -0.25) is 4.79 Å². The number of halogens is 1. The third kappa shape index (κ3) is 4.79. The monoisotopic (exact) mass is 317 g/mol. The quantitative estimate of drug-likeness (QED) is 0.785. The topological polar surface area (TPSA) is 70.2 Å². The smallest absolute Gasteiger partial charge is 0.323 e. The number of urea groups is 1. The Bertz CT molecular complexity index is 671. The van der Waals surface area contributed by atoms with Crippen LogP contribution in [0.25, 0.3) is 0 Å². The molecule has 3 N–H and O–H groups in total. The zero-order chi connectivity index (χ0) is 15.9. The molecule has 0 heterocycles. The first-order chi connectivity index (χ1) is 10.6. The molecule has 6 heteroatoms. The maximum atomic E-state index is 11.9. The number of rotatable bonds is 4. The van der Waals surface area contributed by atoms with Crippen LogP contribution in [0.2, 0.25) is 5.02 Å². The van der Waals surface area contributed by atoms with Crippen molar-refractivity contribution in [2.45, 2.75) is 13.3 Å². The van der Waals surface area contributed by atoms with Gasteiger partial charge < -0.3 is 16.0 Å². The van der Waals surface area contributed by atoms with Gasteiger partial charge >= 0.3 is 6.03 Å². The Morgan fingerprint density at radius 2 is 1.50 bits per heavy atom. The molecule has 3 amide bonds. The third-order valence-electron chi connectivity index (χ3n) is 2.83. The van der Waals surface area contributed by atoms with Crippen LogP contribution in [0.4, 0.5) is 21.9 Å². The molecule has 114 valence electrons. The molecule has 0 atom stereocenters. The van der Waals surface area contributed by atoms with E-state index in [1.165, 1.54) is 0 Å². The lowest BCUT2D eigenvalue weighted by molar-refractivity contribution is -0.115. The lowest BCUT2D eigenvalue weighted by Crippen LogP contribution is -2.19. The van der Waals surface area contributed by atoms with Gasteiger partial charge in [0.1, 0.15) is 0 Å². The Labute approximate surface area is 133 Å². The molecule has 0 bridgehead atoms. The summed E-state index contributed by atoms with van der Waals surface area (Å²) in [6, 6.07) is 13.4. The van der Waals surface area contributed by atoms with Crippen LogP contribution in [0.5, 0.6) is 0 Å².